The molecule has 6 nitrogen and oxygen atoms in total. The fourth-order valence-electron chi connectivity index (χ4n) is 3.67. The fourth-order valence-corrected chi connectivity index (χ4v) is 3.67. The van der Waals surface area contributed by atoms with Gasteiger partial charge in [0.15, 0.2) is 0 Å². The third-order valence-corrected chi connectivity index (χ3v) is 5.28. The SMILES string of the molecule is Cc1ccc(N)cc1C(=O)N1CCN(C(=O)NC2CCCCC2)CC1. The van der Waals surface area contributed by atoms with E-state index in [0.717, 1.165) is 18.4 Å². The third-order valence-electron chi connectivity index (χ3n) is 5.28. The van der Waals surface area contributed by atoms with Crippen LogP contribution in [0.15, 0.2) is 18.2 Å². The smallest absolute Gasteiger partial charge is 0.317 e. The molecule has 0 aromatic heterocycles. The van der Waals surface area contributed by atoms with E-state index in [1.807, 2.05) is 22.8 Å². The number of anilines is 1. The van der Waals surface area contributed by atoms with Gasteiger partial charge in [-0.2, -0.15) is 0 Å². The topological polar surface area (TPSA) is 78.7 Å². The van der Waals surface area contributed by atoms with Crippen molar-refractivity contribution in [2.75, 3.05) is 31.9 Å². The highest BCUT2D eigenvalue weighted by atomic mass is 16.2. The van der Waals surface area contributed by atoms with Crippen molar-refractivity contribution >= 4 is 17.6 Å². The maximum absolute atomic E-state index is 12.7. The number of urea groups is 1. The summed E-state index contributed by atoms with van der Waals surface area (Å²) < 4.78 is 0. The molecule has 0 bridgehead atoms. The first-order valence-electron chi connectivity index (χ1n) is 9.25. The van der Waals surface area contributed by atoms with E-state index in [9.17, 15) is 9.59 Å². The lowest BCUT2D eigenvalue weighted by atomic mass is 9.96. The molecule has 1 aliphatic carbocycles. The highest BCUT2D eigenvalue weighted by Crippen LogP contribution is 2.19. The number of nitrogen functional groups attached to an aromatic ring is 1. The normalized spacial score (nSPS) is 18.9. The summed E-state index contributed by atoms with van der Waals surface area (Å²) in [5, 5.41) is 3.15. The summed E-state index contributed by atoms with van der Waals surface area (Å²) >= 11 is 0. The molecule has 0 atom stereocenters. The van der Waals surface area contributed by atoms with Gasteiger partial charge in [0.05, 0.1) is 0 Å². The predicted octanol–water partition coefficient (Wildman–Crippen LogP) is 2.38. The molecule has 0 spiro atoms. The van der Waals surface area contributed by atoms with Gasteiger partial charge in [0.25, 0.3) is 5.91 Å². The molecule has 25 heavy (non-hydrogen) atoms. The van der Waals surface area contributed by atoms with E-state index in [1.165, 1.54) is 19.3 Å². The van der Waals surface area contributed by atoms with Crippen molar-refractivity contribution in [3.8, 4) is 0 Å². The number of carbonyl (C=O) groups excluding carboxylic acids is 2. The van der Waals surface area contributed by atoms with Crippen molar-refractivity contribution in [1.82, 2.24) is 15.1 Å². The van der Waals surface area contributed by atoms with E-state index in [-0.39, 0.29) is 11.9 Å². The molecule has 6 heteroatoms. The number of carbonyl (C=O) groups is 2. The van der Waals surface area contributed by atoms with E-state index < -0.39 is 0 Å². The number of nitrogens with one attached hydrogen (secondary N) is 1. The molecule has 1 aliphatic heterocycles. The zero-order valence-corrected chi connectivity index (χ0v) is 15.0. The van der Waals surface area contributed by atoms with Crippen molar-refractivity contribution in [3.05, 3.63) is 29.3 Å². The van der Waals surface area contributed by atoms with Crippen molar-refractivity contribution in [3.63, 3.8) is 0 Å². The maximum Gasteiger partial charge on any atom is 0.317 e. The molecule has 1 aromatic carbocycles. The number of rotatable bonds is 2. The summed E-state index contributed by atoms with van der Waals surface area (Å²) in [5.74, 6) is -0.00265. The lowest BCUT2D eigenvalue weighted by molar-refractivity contribution is 0.0662. The zero-order valence-electron chi connectivity index (χ0n) is 15.0. The average molecular weight is 344 g/mol. The first-order chi connectivity index (χ1) is 12.0. The highest BCUT2D eigenvalue weighted by Gasteiger charge is 2.27. The highest BCUT2D eigenvalue weighted by molar-refractivity contribution is 5.96. The molecule has 0 unspecified atom stereocenters. The van der Waals surface area contributed by atoms with Crippen LogP contribution in [0.3, 0.4) is 0 Å². The Hall–Kier alpha value is -2.24. The Bertz CT molecular complexity index is 632. The summed E-state index contributed by atoms with van der Waals surface area (Å²) in [5.41, 5.74) is 7.99. The van der Waals surface area contributed by atoms with Gasteiger partial charge in [0, 0.05) is 43.5 Å². The third kappa shape index (κ3) is 4.24. The first kappa shape index (κ1) is 17.6. The second-order valence-corrected chi connectivity index (χ2v) is 7.14. The van der Waals surface area contributed by atoms with Gasteiger partial charge in [-0.15, -0.1) is 0 Å². The van der Waals surface area contributed by atoms with Gasteiger partial charge in [-0.25, -0.2) is 4.79 Å². The van der Waals surface area contributed by atoms with Crippen molar-refractivity contribution in [2.24, 2.45) is 0 Å². The van der Waals surface area contributed by atoms with E-state index in [1.54, 1.807) is 12.1 Å². The molecule has 3 amide bonds. The van der Waals surface area contributed by atoms with Crippen LogP contribution in [0.2, 0.25) is 0 Å². The number of aryl methyl sites for hydroxylation is 1. The minimum absolute atomic E-state index is 0.00265. The number of amides is 3. The zero-order chi connectivity index (χ0) is 17.8. The van der Waals surface area contributed by atoms with Gasteiger partial charge in [-0.1, -0.05) is 25.3 Å². The van der Waals surface area contributed by atoms with E-state index >= 15 is 0 Å². The Balaban J connectivity index is 1.53. The molecule has 3 rings (SSSR count). The molecule has 2 aliphatic rings. The maximum atomic E-state index is 12.7. The molecular formula is C19H28N4O2. The van der Waals surface area contributed by atoms with Crippen molar-refractivity contribution < 1.29 is 9.59 Å². The van der Waals surface area contributed by atoms with E-state index in [2.05, 4.69) is 5.32 Å². The van der Waals surface area contributed by atoms with Crippen molar-refractivity contribution in [2.45, 2.75) is 45.1 Å². The minimum atomic E-state index is -0.00265. The quantitative estimate of drug-likeness (QED) is 0.809. The van der Waals surface area contributed by atoms with Crippen LogP contribution in [0.1, 0.15) is 48.0 Å². The molecule has 1 saturated carbocycles. The Kier molecular flexibility index (Phi) is 5.46. The molecular weight excluding hydrogens is 316 g/mol. The summed E-state index contributed by atoms with van der Waals surface area (Å²) in [6, 6.07) is 5.74. The number of nitrogens with two attached hydrogens (primary N) is 1. The lowest BCUT2D eigenvalue weighted by Gasteiger charge is -2.36. The Labute approximate surface area is 149 Å². The van der Waals surface area contributed by atoms with Crippen LogP contribution in [0, 0.1) is 6.92 Å². The standard InChI is InChI=1S/C19H28N4O2/c1-14-7-8-15(20)13-17(14)18(24)22-9-11-23(12-10-22)19(25)21-16-5-3-2-4-6-16/h7-8,13,16H,2-6,9-12,20H2,1H3,(H,21,25). The number of hydrogen-bond donors (Lipinski definition) is 2. The van der Waals surface area contributed by atoms with Crippen LogP contribution >= 0.6 is 0 Å². The van der Waals surface area contributed by atoms with Gasteiger partial charge in [-0.05, 0) is 37.5 Å². The monoisotopic (exact) mass is 344 g/mol. The van der Waals surface area contributed by atoms with Crippen LogP contribution in [0.25, 0.3) is 0 Å². The summed E-state index contributed by atoms with van der Waals surface area (Å²) in [7, 11) is 0. The fraction of sp³-hybridized carbons (Fsp3) is 0.579. The van der Waals surface area contributed by atoms with Crippen LogP contribution in [-0.4, -0.2) is 54.0 Å². The minimum Gasteiger partial charge on any atom is -0.399 e. The summed E-state index contributed by atoms with van der Waals surface area (Å²) in [6.07, 6.45) is 5.84. The van der Waals surface area contributed by atoms with Gasteiger partial charge in [0.1, 0.15) is 0 Å². The number of hydrogen-bond acceptors (Lipinski definition) is 3. The molecule has 136 valence electrons. The Morgan fingerprint density at radius 3 is 2.36 bits per heavy atom. The van der Waals surface area contributed by atoms with Gasteiger partial charge in [-0.3, -0.25) is 4.79 Å². The van der Waals surface area contributed by atoms with Crippen LogP contribution in [0.5, 0.6) is 0 Å². The number of piperazine rings is 1. The number of benzene rings is 1. The molecule has 1 saturated heterocycles. The van der Waals surface area contributed by atoms with Gasteiger partial charge < -0.3 is 20.9 Å². The average Bonchev–Trinajstić information content (AvgIpc) is 2.64. The van der Waals surface area contributed by atoms with Gasteiger partial charge in [0.2, 0.25) is 0 Å². The number of nitrogens with zero attached hydrogens (tertiary/aromatic N) is 2. The molecule has 0 radical (unpaired) electrons. The van der Waals surface area contributed by atoms with E-state index in [4.69, 9.17) is 5.73 Å². The summed E-state index contributed by atoms with van der Waals surface area (Å²) in [4.78, 5) is 28.8. The molecule has 3 N–H and O–H groups in total. The molecule has 2 fully saturated rings. The van der Waals surface area contributed by atoms with Crippen LogP contribution in [0.4, 0.5) is 10.5 Å². The first-order valence-corrected chi connectivity index (χ1v) is 9.25. The molecule has 1 heterocycles. The second kappa shape index (κ2) is 7.76. The Morgan fingerprint density at radius 2 is 1.68 bits per heavy atom. The second-order valence-electron chi connectivity index (χ2n) is 7.14. The summed E-state index contributed by atoms with van der Waals surface area (Å²) in [6.45, 7) is 4.19. The largest absolute Gasteiger partial charge is 0.399 e. The Morgan fingerprint density at radius 1 is 1.04 bits per heavy atom. The van der Waals surface area contributed by atoms with E-state index in [0.29, 0.717) is 43.5 Å². The van der Waals surface area contributed by atoms with Gasteiger partial charge >= 0.3 is 6.03 Å². The van der Waals surface area contributed by atoms with Crippen LogP contribution < -0.4 is 11.1 Å². The molecule has 1 aromatic rings. The predicted molar refractivity (Wildman–Crippen MR) is 98.5 cm³/mol. The lowest BCUT2D eigenvalue weighted by Crippen LogP contribution is -2.54. The van der Waals surface area contributed by atoms with Crippen LogP contribution in [-0.2, 0) is 0 Å². The van der Waals surface area contributed by atoms with Crippen molar-refractivity contribution in [1.29, 1.82) is 0 Å².